The Morgan fingerprint density at radius 3 is 2.38 bits per heavy atom. The first kappa shape index (κ1) is 18.7. The molecule has 4 aromatic rings. The highest BCUT2D eigenvalue weighted by Crippen LogP contribution is 2.27. The molecular formula is C24H22N2O3. The van der Waals surface area contributed by atoms with Gasteiger partial charge in [-0.1, -0.05) is 0 Å². The minimum atomic E-state index is -0.173. The van der Waals surface area contributed by atoms with Gasteiger partial charge in [-0.05, 0) is 92.6 Å². The first-order chi connectivity index (χ1) is 14.0. The van der Waals surface area contributed by atoms with Crippen molar-refractivity contribution in [3.8, 4) is 17.2 Å². The van der Waals surface area contributed by atoms with Crippen LogP contribution in [0.2, 0.25) is 0 Å². The van der Waals surface area contributed by atoms with Crippen LogP contribution in [0.25, 0.3) is 22.6 Å². The van der Waals surface area contributed by atoms with Gasteiger partial charge in [-0.3, -0.25) is 4.79 Å². The van der Waals surface area contributed by atoms with Crippen LogP contribution in [0.1, 0.15) is 28.4 Å². The van der Waals surface area contributed by atoms with E-state index < -0.39 is 0 Å². The first-order valence-electron chi connectivity index (χ1n) is 9.56. The molecule has 0 bridgehead atoms. The van der Waals surface area contributed by atoms with Crippen molar-refractivity contribution < 1.29 is 13.9 Å². The van der Waals surface area contributed by atoms with Crippen LogP contribution in [0.15, 0.2) is 65.1 Å². The summed E-state index contributed by atoms with van der Waals surface area (Å²) in [6.45, 7) is 6.63. The van der Waals surface area contributed by atoms with Crippen molar-refractivity contribution in [2.24, 2.45) is 0 Å². The number of amides is 1. The Kier molecular flexibility index (Phi) is 5.04. The van der Waals surface area contributed by atoms with Gasteiger partial charge < -0.3 is 14.5 Å². The van der Waals surface area contributed by atoms with Gasteiger partial charge in [0.25, 0.3) is 5.91 Å². The van der Waals surface area contributed by atoms with Crippen molar-refractivity contribution in [2.75, 3.05) is 11.9 Å². The van der Waals surface area contributed by atoms with E-state index >= 15 is 0 Å². The molecule has 5 heteroatoms. The Hall–Kier alpha value is -3.60. The van der Waals surface area contributed by atoms with Crippen LogP contribution in [-0.4, -0.2) is 17.5 Å². The Morgan fingerprint density at radius 2 is 1.69 bits per heavy atom. The normalized spacial score (nSPS) is 10.9. The summed E-state index contributed by atoms with van der Waals surface area (Å²) < 4.78 is 11.3. The molecular weight excluding hydrogens is 364 g/mol. The predicted octanol–water partition coefficient (Wildman–Crippen LogP) is 5.76. The summed E-state index contributed by atoms with van der Waals surface area (Å²) in [4.78, 5) is 17.0. The Bertz CT molecular complexity index is 1120. The highest BCUT2D eigenvalue weighted by molar-refractivity contribution is 6.04. The maximum absolute atomic E-state index is 12.4. The molecule has 5 nitrogen and oxygen atoms in total. The number of aromatic nitrogens is 1. The summed E-state index contributed by atoms with van der Waals surface area (Å²) in [6.07, 6.45) is 0. The highest BCUT2D eigenvalue weighted by Gasteiger charge is 2.11. The monoisotopic (exact) mass is 386 g/mol. The third kappa shape index (κ3) is 3.99. The Labute approximate surface area is 169 Å². The summed E-state index contributed by atoms with van der Waals surface area (Å²) in [5.41, 5.74) is 6.11. The van der Waals surface area contributed by atoms with E-state index in [0.29, 0.717) is 23.7 Å². The van der Waals surface area contributed by atoms with Gasteiger partial charge in [0.15, 0.2) is 5.58 Å². The third-order valence-electron chi connectivity index (χ3n) is 4.82. The first-order valence-corrected chi connectivity index (χ1v) is 9.56. The van der Waals surface area contributed by atoms with Crippen LogP contribution in [0.5, 0.6) is 5.75 Å². The molecule has 0 unspecified atom stereocenters. The van der Waals surface area contributed by atoms with Crippen LogP contribution < -0.4 is 10.1 Å². The fourth-order valence-electron chi connectivity index (χ4n) is 3.07. The zero-order valence-corrected chi connectivity index (χ0v) is 16.7. The van der Waals surface area contributed by atoms with Gasteiger partial charge in [0.2, 0.25) is 5.89 Å². The van der Waals surface area contributed by atoms with Gasteiger partial charge in [0, 0.05) is 16.8 Å². The van der Waals surface area contributed by atoms with Gasteiger partial charge in [-0.25, -0.2) is 4.98 Å². The number of carbonyl (C=O) groups excluding carboxylic acids is 1. The van der Waals surface area contributed by atoms with Gasteiger partial charge in [-0.15, -0.1) is 0 Å². The average molecular weight is 386 g/mol. The number of hydrogen-bond donors (Lipinski definition) is 1. The zero-order chi connectivity index (χ0) is 20.4. The van der Waals surface area contributed by atoms with Crippen LogP contribution in [0.3, 0.4) is 0 Å². The van der Waals surface area contributed by atoms with Crippen molar-refractivity contribution in [1.82, 2.24) is 4.98 Å². The van der Waals surface area contributed by atoms with Crippen molar-refractivity contribution in [1.29, 1.82) is 0 Å². The molecule has 1 N–H and O–H groups in total. The number of carbonyl (C=O) groups is 1. The van der Waals surface area contributed by atoms with E-state index in [-0.39, 0.29) is 5.91 Å². The second-order valence-corrected chi connectivity index (χ2v) is 6.91. The SMILES string of the molecule is CCOc1ccc(C(=O)Nc2ccc(-c3nc4cc(C)c(C)cc4o3)cc2)cc1. The predicted molar refractivity (Wildman–Crippen MR) is 114 cm³/mol. The second-order valence-electron chi connectivity index (χ2n) is 6.91. The minimum Gasteiger partial charge on any atom is -0.494 e. The van der Waals surface area contributed by atoms with E-state index in [1.165, 1.54) is 11.1 Å². The molecule has 29 heavy (non-hydrogen) atoms. The number of nitrogens with one attached hydrogen (secondary N) is 1. The van der Waals surface area contributed by atoms with Gasteiger partial charge in [0.1, 0.15) is 11.3 Å². The number of anilines is 1. The minimum absolute atomic E-state index is 0.173. The second kappa shape index (κ2) is 7.80. The molecule has 0 aliphatic heterocycles. The summed E-state index contributed by atoms with van der Waals surface area (Å²) in [7, 11) is 0. The molecule has 0 saturated carbocycles. The van der Waals surface area contributed by atoms with E-state index in [2.05, 4.69) is 24.1 Å². The number of benzene rings is 3. The number of hydrogen-bond acceptors (Lipinski definition) is 4. The maximum atomic E-state index is 12.4. The van der Waals surface area contributed by atoms with E-state index in [1.807, 2.05) is 43.3 Å². The molecule has 3 aromatic carbocycles. The molecule has 0 saturated heterocycles. The van der Waals surface area contributed by atoms with Gasteiger partial charge >= 0.3 is 0 Å². The number of rotatable bonds is 5. The summed E-state index contributed by atoms with van der Waals surface area (Å²) >= 11 is 0. The van der Waals surface area contributed by atoms with Crippen molar-refractivity contribution >= 4 is 22.7 Å². The molecule has 1 amide bonds. The number of nitrogens with zero attached hydrogens (tertiary/aromatic N) is 1. The molecule has 0 aliphatic rings. The fourth-order valence-corrected chi connectivity index (χ4v) is 3.07. The standard InChI is InChI=1S/C24H22N2O3/c1-4-28-20-11-7-17(8-12-20)23(27)25-19-9-5-18(6-10-19)24-26-21-13-15(2)16(3)14-22(21)29-24/h5-14H,4H2,1-3H3,(H,25,27). The maximum Gasteiger partial charge on any atom is 0.255 e. The molecule has 0 atom stereocenters. The number of ether oxygens (including phenoxy) is 1. The zero-order valence-electron chi connectivity index (χ0n) is 16.7. The third-order valence-corrected chi connectivity index (χ3v) is 4.82. The van der Waals surface area contributed by atoms with E-state index in [9.17, 15) is 4.79 Å². The van der Waals surface area contributed by atoms with Crippen LogP contribution in [-0.2, 0) is 0 Å². The largest absolute Gasteiger partial charge is 0.494 e. The van der Waals surface area contributed by atoms with Crippen molar-refractivity contribution in [2.45, 2.75) is 20.8 Å². The highest BCUT2D eigenvalue weighted by atomic mass is 16.5. The Balaban J connectivity index is 1.49. The number of oxazole rings is 1. The molecule has 1 aromatic heterocycles. The van der Waals surface area contributed by atoms with Gasteiger partial charge in [0.05, 0.1) is 6.61 Å². The lowest BCUT2D eigenvalue weighted by molar-refractivity contribution is 0.102. The molecule has 146 valence electrons. The van der Waals surface area contributed by atoms with Crippen LogP contribution in [0.4, 0.5) is 5.69 Å². The molecule has 0 radical (unpaired) electrons. The summed E-state index contributed by atoms with van der Waals surface area (Å²) in [6, 6.07) is 18.6. The lowest BCUT2D eigenvalue weighted by Gasteiger charge is -2.07. The fraction of sp³-hybridized carbons (Fsp3) is 0.167. The Morgan fingerprint density at radius 1 is 1.00 bits per heavy atom. The molecule has 0 fully saturated rings. The number of fused-ring (bicyclic) bond motifs is 1. The van der Waals surface area contributed by atoms with Crippen molar-refractivity contribution in [3.05, 3.63) is 77.4 Å². The van der Waals surface area contributed by atoms with E-state index in [0.717, 1.165) is 22.4 Å². The van der Waals surface area contributed by atoms with Crippen LogP contribution >= 0.6 is 0 Å². The molecule has 0 spiro atoms. The quantitative estimate of drug-likeness (QED) is 0.473. The van der Waals surface area contributed by atoms with E-state index in [4.69, 9.17) is 9.15 Å². The topological polar surface area (TPSA) is 64.4 Å². The van der Waals surface area contributed by atoms with Crippen molar-refractivity contribution in [3.63, 3.8) is 0 Å². The molecule has 4 rings (SSSR count). The average Bonchev–Trinajstić information content (AvgIpc) is 3.12. The lowest BCUT2D eigenvalue weighted by Crippen LogP contribution is -2.11. The number of aryl methyl sites for hydroxylation is 2. The smallest absolute Gasteiger partial charge is 0.255 e. The van der Waals surface area contributed by atoms with E-state index in [1.54, 1.807) is 24.3 Å². The summed E-state index contributed by atoms with van der Waals surface area (Å²) in [5.74, 6) is 1.14. The van der Waals surface area contributed by atoms with Gasteiger partial charge in [-0.2, -0.15) is 0 Å². The van der Waals surface area contributed by atoms with Crippen LogP contribution in [0, 0.1) is 13.8 Å². The summed E-state index contributed by atoms with van der Waals surface area (Å²) in [5, 5.41) is 2.90. The lowest BCUT2D eigenvalue weighted by atomic mass is 10.1. The molecule has 1 heterocycles. The molecule has 0 aliphatic carbocycles.